The number of Topliss-reactive ketones (excluding diaryl/α,β-unsaturated/α-hetero) is 1. The molecule has 1 aliphatic carbocycles. The van der Waals surface area contributed by atoms with Crippen molar-refractivity contribution in [2.24, 2.45) is 5.41 Å². The third kappa shape index (κ3) is 4.41. The number of nitrogens with one attached hydrogen (secondary N) is 1. The van der Waals surface area contributed by atoms with Gasteiger partial charge >= 0.3 is 0 Å². The van der Waals surface area contributed by atoms with Crippen LogP contribution in [-0.4, -0.2) is 36.2 Å². The van der Waals surface area contributed by atoms with E-state index in [2.05, 4.69) is 55.3 Å². The molecule has 34 heavy (non-hydrogen) atoms. The second-order valence-corrected chi connectivity index (χ2v) is 10.9. The Labute approximate surface area is 202 Å². The number of amides is 1. The number of likely N-dealkylation sites (tertiary alicyclic amines) is 1. The summed E-state index contributed by atoms with van der Waals surface area (Å²) in [6, 6.07) is 15.9. The largest absolute Gasteiger partial charge is 0.357 e. The van der Waals surface area contributed by atoms with Crippen molar-refractivity contribution in [1.29, 1.82) is 0 Å². The van der Waals surface area contributed by atoms with Crippen LogP contribution >= 0.6 is 0 Å². The molecule has 5 nitrogen and oxygen atoms in total. The van der Waals surface area contributed by atoms with Crippen molar-refractivity contribution in [3.8, 4) is 0 Å². The number of carbonyl (C=O) groups excluding carboxylic acids is 2. The highest BCUT2D eigenvalue weighted by Crippen LogP contribution is 2.48. The van der Waals surface area contributed by atoms with E-state index in [1.807, 2.05) is 29.2 Å². The summed E-state index contributed by atoms with van der Waals surface area (Å²) >= 11 is 0. The Morgan fingerprint density at radius 3 is 2.44 bits per heavy atom. The van der Waals surface area contributed by atoms with Gasteiger partial charge in [0.05, 0.1) is 24.0 Å². The van der Waals surface area contributed by atoms with Crippen LogP contribution in [0, 0.1) is 12.3 Å². The molecule has 2 heterocycles. The van der Waals surface area contributed by atoms with Crippen LogP contribution in [0.25, 0.3) is 0 Å². The van der Waals surface area contributed by atoms with E-state index in [0.29, 0.717) is 13.0 Å². The van der Waals surface area contributed by atoms with Gasteiger partial charge in [0.1, 0.15) is 0 Å². The van der Waals surface area contributed by atoms with Crippen molar-refractivity contribution >= 4 is 23.1 Å². The molecule has 0 saturated carbocycles. The minimum Gasteiger partial charge on any atom is -0.357 e. The number of carbonyl (C=O) groups is 2. The summed E-state index contributed by atoms with van der Waals surface area (Å²) < 4.78 is 0. The molecule has 2 aliphatic heterocycles. The summed E-state index contributed by atoms with van der Waals surface area (Å²) in [4.78, 5) is 31.9. The maximum absolute atomic E-state index is 14.1. The fourth-order valence-electron chi connectivity index (χ4n) is 5.71. The van der Waals surface area contributed by atoms with Gasteiger partial charge in [-0.15, -0.1) is 0 Å². The molecule has 5 rings (SSSR count). The zero-order chi connectivity index (χ0) is 23.9. The number of allylic oxidation sites excluding steroid dienone is 1. The Morgan fingerprint density at radius 1 is 1.00 bits per heavy atom. The third-order valence-electron chi connectivity index (χ3n) is 7.37. The smallest absolute Gasteiger partial charge is 0.242 e. The molecule has 1 saturated heterocycles. The zero-order valence-electron chi connectivity index (χ0n) is 20.6. The molecule has 2 aromatic rings. The number of fused-ring (bicyclic) bond motifs is 1. The number of hydrogen-bond donors (Lipinski definition) is 1. The average molecular weight is 458 g/mol. The van der Waals surface area contributed by atoms with Gasteiger partial charge in [-0.25, -0.2) is 0 Å². The van der Waals surface area contributed by atoms with Gasteiger partial charge in [-0.2, -0.15) is 0 Å². The maximum Gasteiger partial charge on any atom is 0.242 e. The molecule has 1 amide bonds. The molecule has 0 bridgehead atoms. The summed E-state index contributed by atoms with van der Waals surface area (Å²) in [6.07, 6.45) is 4.76. The highest BCUT2D eigenvalue weighted by molar-refractivity contribution is 6.06. The Balaban J connectivity index is 1.67. The number of benzene rings is 2. The van der Waals surface area contributed by atoms with E-state index in [4.69, 9.17) is 0 Å². The summed E-state index contributed by atoms with van der Waals surface area (Å²) in [5.74, 6) is 0.181. The second-order valence-electron chi connectivity index (χ2n) is 10.9. The first-order chi connectivity index (χ1) is 16.3. The van der Waals surface area contributed by atoms with Gasteiger partial charge in [-0.3, -0.25) is 19.4 Å². The van der Waals surface area contributed by atoms with E-state index in [-0.39, 0.29) is 17.1 Å². The Kier molecular flexibility index (Phi) is 6.07. The van der Waals surface area contributed by atoms with Crippen LogP contribution in [-0.2, 0) is 9.59 Å². The minimum atomic E-state index is -0.437. The van der Waals surface area contributed by atoms with Crippen molar-refractivity contribution in [1.82, 2.24) is 4.90 Å². The predicted octanol–water partition coefficient (Wildman–Crippen LogP) is 5.62. The number of ketones is 1. The molecule has 1 atom stereocenters. The lowest BCUT2D eigenvalue weighted by atomic mass is 9.73. The molecule has 0 unspecified atom stereocenters. The number of hydrogen-bond acceptors (Lipinski definition) is 4. The minimum absolute atomic E-state index is 0.0492. The molecular formula is C29H35N3O2. The Bertz CT molecular complexity index is 1130. The summed E-state index contributed by atoms with van der Waals surface area (Å²) in [6.45, 7) is 8.64. The number of aryl methyl sites for hydroxylation is 1. The standard InChI is InChI=1S/C29H35N3O2/c1-20-11-13-21(14-12-20)28-27-23(17-29(2,3)18-25(27)33)30-22-9-5-6-10-24(22)32(28)26(34)19-31-15-7-4-8-16-31/h5-6,9-14,28,30H,4,7-8,15-19H2,1-3H3/t28-/m0/s1. The normalized spacial score (nSPS) is 22.5. The van der Waals surface area contributed by atoms with E-state index >= 15 is 0 Å². The van der Waals surface area contributed by atoms with Gasteiger partial charge in [0.15, 0.2) is 5.78 Å². The maximum atomic E-state index is 14.1. The topological polar surface area (TPSA) is 52.7 Å². The molecule has 178 valence electrons. The molecule has 0 spiro atoms. The van der Waals surface area contributed by atoms with Gasteiger partial charge in [0.2, 0.25) is 5.91 Å². The SMILES string of the molecule is Cc1ccc([C@H]2C3=C(CC(C)(C)CC3=O)Nc3ccccc3N2C(=O)CN2CCCCC2)cc1. The monoisotopic (exact) mass is 457 g/mol. The van der Waals surface area contributed by atoms with Gasteiger partial charge < -0.3 is 5.32 Å². The highest BCUT2D eigenvalue weighted by atomic mass is 16.2. The fourth-order valence-corrected chi connectivity index (χ4v) is 5.71. The number of piperidine rings is 1. The molecule has 2 aromatic carbocycles. The van der Waals surface area contributed by atoms with Gasteiger partial charge in [-0.05, 0) is 62.4 Å². The van der Waals surface area contributed by atoms with Crippen LogP contribution in [0.1, 0.15) is 63.1 Å². The average Bonchev–Trinajstić information content (AvgIpc) is 2.94. The van der Waals surface area contributed by atoms with E-state index < -0.39 is 6.04 Å². The third-order valence-corrected chi connectivity index (χ3v) is 7.37. The lowest BCUT2D eigenvalue weighted by Gasteiger charge is -2.38. The number of rotatable bonds is 3. The van der Waals surface area contributed by atoms with E-state index in [1.54, 1.807) is 0 Å². The van der Waals surface area contributed by atoms with Crippen LogP contribution in [0.4, 0.5) is 11.4 Å². The van der Waals surface area contributed by atoms with Crippen LogP contribution in [0.3, 0.4) is 0 Å². The van der Waals surface area contributed by atoms with Gasteiger partial charge in [0, 0.05) is 17.7 Å². The fraction of sp³-hybridized carbons (Fsp3) is 0.448. The van der Waals surface area contributed by atoms with Gasteiger partial charge in [-0.1, -0.05) is 62.2 Å². The van der Waals surface area contributed by atoms with Gasteiger partial charge in [0.25, 0.3) is 0 Å². The molecular weight excluding hydrogens is 422 g/mol. The van der Waals surface area contributed by atoms with E-state index in [0.717, 1.165) is 66.1 Å². The first-order valence-corrected chi connectivity index (χ1v) is 12.6. The molecule has 1 N–H and O–H groups in total. The van der Waals surface area contributed by atoms with Crippen molar-refractivity contribution in [3.63, 3.8) is 0 Å². The lowest BCUT2D eigenvalue weighted by molar-refractivity contribution is -0.120. The van der Waals surface area contributed by atoms with E-state index in [1.165, 1.54) is 6.42 Å². The van der Waals surface area contributed by atoms with Crippen LogP contribution in [0.15, 0.2) is 59.8 Å². The molecule has 3 aliphatic rings. The number of nitrogens with zero attached hydrogens (tertiary/aromatic N) is 2. The summed E-state index contributed by atoms with van der Waals surface area (Å²) in [5, 5.41) is 3.60. The zero-order valence-corrected chi connectivity index (χ0v) is 20.6. The summed E-state index contributed by atoms with van der Waals surface area (Å²) in [5.41, 5.74) is 5.45. The second kappa shape index (κ2) is 9.03. The molecule has 0 radical (unpaired) electrons. The summed E-state index contributed by atoms with van der Waals surface area (Å²) in [7, 11) is 0. The van der Waals surface area contributed by atoms with Crippen molar-refractivity contribution in [2.75, 3.05) is 29.9 Å². The molecule has 1 fully saturated rings. The Hall–Kier alpha value is -2.92. The first-order valence-electron chi connectivity index (χ1n) is 12.6. The quantitative estimate of drug-likeness (QED) is 0.650. The van der Waals surface area contributed by atoms with Crippen molar-refractivity contribution in [3.05, 3.63) is 70.9 Å². The van der Waals surface area contributed by atoms with Crippen LogP contribution in [0.5, 0.6) is 0 Å². The van der Waals surface area contributed by atoms with Crippen LogP contribution in [0.2, 0.25) is 0 Å². The van der Waals surface area contributed by atoms with Crippen molar-refractivity contribution < 1.29 is 9.59 Å². The van der Waals surface area contributed by atoms with Crippen LogP contribution < -0.4 is 10.2 Å². The molecule has 5 heteroatoms. The van der Waals surface area contributed by atoms with E-state index in [9.17, 15) is 9.59 Å². The van der Waals surface area contributed by atoms with Crippen molar-refractivity contribution in [2.45, 2.75) is 58.9 Å². The Morgan fingerprint density at radius 2 is 1.71 bits per heavy atom. The number of para-hydroxylation sites is 2. The lowest BCUT2D eigenvalue weighted by Crippen LogP contribution is -2.45. The predicted molar refractivity (Wildman–Crippen MR) is 137 cm³/mol. The first kappa shape index (κ1) is 22.9. The molecule has 0 aromatic heterocycles. The highest BCUT2D eigenvalue weighted by Gasteiger charge is 2.43. The number of anilines is 2.